The Morgan fingerprint density at radius 2 is 1.96 bits per heavy atom. The summed E-state index contributed by atoms with van der Waals surface area (Å²) in [5.74, 6) is 4.72. The van der Waals surface area contributed by atoms with E-state index in [1.54, 1.807) is 0 Å². The summed E-state index contributed by atoms with van der Waals surface area (Å²) >= 11 is 0. The first kappa shape index (κ1) is 18.1. The number of hydrogen-bond donors (Lipinski definition) is 1. The summed E-state index contributed by atoms with van der Waals surface area (Å²) in [6.07, 6.45) is 8.69. The van der Waals surface area contributed by atoms with Crippen molar-refractivity contribution >= 4 is 5.91 Å². The minimum Gasteiger partial charge on any atom is -0.445 e. The zero-order chi connectivity index (χ0) is 18.5. The number of rotatable bonds is 4. The van der Waals surface area contributed by atoms with Crippen LogP contribution in [0.15, 0.2) is 4.42 Å². The van der Waals surface area contributed by atoms with Gasteiger partial charge >= 0.3 is 0 Å². The lowest BCUT2D eigenvalue weighted by atomic mass is 9.43. The molecule has 1 aromatic rings. The van der Waals surface area contributed by atoms with E-state index in [9.17, 15) is 4.79 Å². The number of nitrogens with one attached hydrogen (secondary N) is 1. The van der Waals surface area contributed by atoms with E-state index in [4.69, 9.17) is 4.42 Å². The molecule has 2 bridgehead atoms. The molecule has 0 spiro atoms. The largest absolute Gasteiger partial charge is 0.445 e. The Kier molecular flexibility index (Phi) is 4.65. The van der Waals surface area contributed by atoms with Gasteiger partial charge in [-0.05, 0) is 61.7 Å². The Balaban J connectivity index is 1.36. The minimum absolute atomic E-state index is 0.0565. The Labute approximate surface area is 157 Å². The van der Waals surface area contributed by atoms with Crippen LogP contribution in [0.4, 0.5) is 0 Å². The number of oxazole rings is 1. The second kappa shape index (κ2) is 6.69. The zero-order valence-electron chi connectivity index (χ0n) is 16.8. The molecule has 144 valence electrons. The van der Waals surface area contributed by atoms with Crippen molar-refractivity contribution < 1.29 is 9.21 Å². The summed E-state index contributed by atoms with van der Waals surface area (Å²) in [4.78, 5) is 17.3. The monoisotopic (exact) mass is 358 g/mol. The van der Waals surface area contributed by atoms with Gasteiger partial charge in [-0.2, -0.15) is 0 Å². The molecule has 4 nitrogen and oxygen atoms in total. The van der Waals surface area contributed by atoms with Crippen molar-refractivity contribution in [2.45, 2.75) is 78.6 Å². The predicted octanol–water partition coefficient (Wildman–Crippen LogP) is 5.08. The van der Waals surface area contributed by atoms with Crippen molar-refractivity contribution in [3.8, 4) is 0 Å². The molecule has 1 amide bonds. The molecule has 4 aliphatic rings. The molecule has 1 heterocycles. The number of fused-ring (bicyclic) bond motifs is 2. The molecule has 1 aromatic heterocycles. The summed E-state index contributed by atoms with van der Waals surface area (Å²) in [7, 11) is 0. The van der Waals surface area contributed by atoms with Crippen molar-refractivity contribution in [1.82, 2.24) is 10.3 Å². The van der Waals surface area contributed by atoms with Crippen LogP contribution in [0.1, 0.15) is 93.8 Å². The van der Waals surface area contributed by atoms with Crippen LogP contribution >= 0.6 is 0 Å². The molecule has 0 radical (unpaired) electrons. The SMILES string of the molecule is Cc1oc(C2CCCCC2)nc1C(=O)NCC1C[C@@H]2C[C@H]([C@H]1C)C2(C)C. The molecule has 0 saturated heterocycles. The lowest BCUT2D eigenvalue weighted by molar-refractivity contribution is -0.127. The van der Waals surface area contributed by atoms with Gasteiger partial charge in [-0.1, -0.05) is 40.0 Å². The van der Waals surface area contributed by atoms with Gasteiger partial charge in [0.05, 0.1) is 0 Å². The van der Waals surface area contributed by atoms with Crippen LogP contribution in [0.5, 0.6) is 0 Å². The number of carbonyl (C=O) groups is 1. The lowest BCUT2D eigenvalue weighted by Gasteiger charge is -2.62. The van der Waals surface area contributed by atoms with Gasteiger partial charge in [0.25, 0.3) is 5.91 Å². The highest BCUT2D eigenvalue weighted by molar-refractivity contribution is 5.93. The van der Waals surface area contributed by atoms with Crippen LogP contribution in [0.25, 0.3) is 0 Å². The second-order valence-corrected chi connectivity index (χ2v) is 9.72. The van der Waals surface area contributed by atoms with Crippen LogP contribution in [0, 0.1) is 36.0 Å². The molecule has 5 rings (SSSR count). The highest BCUT2D eigenvalue weighted by atomic mass is 16.4. The third-order valence-corrected chi connectivity index (χ3v) is 8.02. The number of aromatic nitrogens is 1. The summed E-state index contributed by atoms with van der Waals surface area (Å²) in [6.45, 7) is 9.86. The van der Waals surface area contributed by atoms with Crippen molar-refractivity contribution in [3.63, 3.8) is 0 Å². The topological polar surface area (TPSA) is 55.1 Å². The highest BCUT2D eigenvalue weighted by Gasteiger charge is 2.55. The average molecular weight is 359 g/mol. The number of aryl methyl sites for hydroxylation is 1. The molecular formula is C22H34N2O2. The Hall–Kier alpha value is -1.32. The zero-order valence-corrected chi connectivity index (χ0v) is 16.8. The van der Waals surface area contributed by atoms with Gasteiger partial charge in [0.15, 0.2) is 11.6 Å². The van der Waals surface area contributed by atoms with Crippen LogP contribution in [0.2, 0.25) is 0 Å². The van der Waals surface area contributed by atoms with E-state index in [-0.39, 0.29) is 5.91 Å². The lowest BCUT2D eigenvalue weighted by Crippen LogP contribution is -2.56. The summed E-state index contributed by atoms with van der Waals surface area (Å²) in [5, 5.41) is 3.16. The predicted molar refractivity (Wildman–Crippen MR) is 102 cm³/mol. The van der Waals surface area contributed by atoms with Gasteiger partial charge in [-0.15, -0.1) is 0 Å². The van der Waals surface area contributed by atoms with Gasteiger partial charge < -0.3 is 9.73 Å². The molecule has 0 aromatic carbocycles. The summed E-state index contributed by atoms with van der Waals surface area (Å²) in [6, 6.07) is 0. The van der Waals surface area contributed by atoms with Gasteiger partial charge in [0.1, 0.15) is 5.76 Å². The molecule has 4 aliphatic carbocycles. The first-order valence-electron chi connectivity index (χ1n) is 10.6. The van der Waals surface area contributed by atoms with Crippen molar-refractivity contribution in [2.24, 2.45) is 29.1 Å². The Morgan fingerprint density at radius 1 is 1.23 bits per heavy atom. The standard InChI is InChI=1S/C22H34N2O2/c1-13-16(10-17-11-18(13)22(17,3)4)12-23-20(25)19-14(2)26-21(24-19)15-8-6-5-7-9-15/h13,15-18H,5-12H2,1-4H3,(H,23,25)/t13-,16?,17+,18+/m0/s1. The maximum absolute atomic E-state index is 12.7. The molecule has 4 saturated carbocycles. The maximum Gasteiger partial charge on any atom is 0.273 e. The van der Waals surface area contributed by atoms with Crippen molar-refractivity contribution in [3.05, 3.63) is 17.3 Å². The van der Waals surface area contributed by atoms with E-state index in [1.165, 1.54) is 32.1 Å². The molecule has 4 atom stereocenters. The minimum atomic E-state index is -0.0565. The van der Waals surface area contributed by atoms with Gasteiger partial charge in [0, 0.05) is 12.5 Å². The van der Waals surface area contributed by atoms with Crippen LogP contribution in [-0.2, 0) is 0 Å². The normalized spacial score (nSPS) is 33.5. The molecular weight excluding hydrogens is 324 g/mol. The molecule has 1 N–H and O–H groups in total. The third kappa shape index (κ3) is 2.99. The van der Waals surface area contributed by atoms with Crippen molar-refractivity contribution in [1.29, 1.82) is 0 Å². The first-order chi connectivity index (χ1) is 12.4. The van der Waals surface area contributed by atoms with Gasteiger partial charge in [0.2, 0.25) is 0 Å². The molecule has 26 heavy (non-hydrogen) atoms. The Morgan fingerprint density at radius 3 is 2.62 bits per heavy atom. The van der Waals surface area contributed by atoms with E-state index in [0.717, 1.165) is 37.1 Å². The van der Waals surface area contributed by atoms with Gasteiger partial charge in [-0.3, -0.25) is 4.79 Å². The summed E-state index contributed by atoms with van der Waals surface area (Å²) in [5.41, 5.74) is 0.997. The van der Waals surface area contributed by atoms with Crippen LogP contribution in [-0.4, -0.2) is 17.4 Å². The molecule has 1 unspecified atom stereocenters. The number of hydrogen-bond acceptors (Lipinski definition) is 3. The van der Waals surface area contributed by atoms with E-state index in [0.29, 0.717) is 34.6 Å². The highest BCUT2D eigenvalue weighted by Crippen LogP contribution is 2.62. The maximum atomic E-state index is 12.7. The fourth-order valence-electron chi connectivity index (χ4n) is 5.99. The number of carbonyl (C=O) groups excluding carboxylic acids is 1. The van der Waals surface area contributed by atoms with Gasteiger partial charge in [-0.25, -0.2) is 4.98 Å². The number of amides is 1. The van der Waals surface area contributed by atoms with E-state index < -0.39 is 0 Å². The fourth-order valence-corrected chi connectivity index (χ4v) is 5.99. The van der Waals surface area contributed by atoms with Crippen LogP contribution in [0.3, 0.4) is 0 Å². The quantitative estimate of drug-likeness (QED) is 0.816. The second-order valence-electron chi connectivity index (χ2n) is 9.72. The van der Waals surface area contributed by atoms with E-state index in [2.05, 4.69) is 31.1 Å². The average Bonchev–Trinajstić information content (AvgIpc) is 3.02. The van der Waals surface area contributed by atoms with E-state index >= 15 is 0 Å². The molecule has 4 fully saturated rings. The first-order valence-corrected chi connectivity index (χ1v) is 10.6. The fraction of sp³-hybridized carbons (Fsp3) is 0.818. The molecule has 0 aliphatic heterocycles. The third-order valence-electron chi connectivity index (χ3n) is 8.02. The smallest absolute Gasteiger partial charge is 0.273 e. The number of nitrogens with zero attached hydrogens (tertiary/aromatic N) is 1. The summed E-state index contributed by atoms with van der Waals surface area (Å²) < 4.78 is 5.87. The van der Waals surface area contributed by atoms with E-state index in [1.807, 2.05) is 6.92 Å². The molecule has 4 heteroatoms. The van der Waals surface area contributed by atoms with Crippen molar-refractivity contribution in [2.75, 3.05) is 6.54 Å². The van der Waals surface area contributed by atoms with Crippen LogP contribution < -0.4 is 5.32 Å². The Bertz CT molecular complexity index is 672.